The Hall–Kier alpha value is -1.51. The van der Waals surface area contributed by atoms with Gasteiger partial charge in [0.25, 0.3) is 5.91 Å². The molecule has 1 amide bonds. The van der Waals surface area contributed by atoms with Crippen LogP contribution in [0.2, 0.25) is 10.0 Å². The zero-order valence-electron chi connectivity index (χ0n) is 10.8. The van der Waals surface area contributed by atoms with Gasteiger partial charge < -0.3 is 4.90 Å². The maximum atomic E-state index is 12.8. The van der Waals surface area contributed by atoms with E-state index in [2.05, 4.69) is 6.07 Å². The average molecular weight is 306 g/mol. The summed E-state index contributed by atoms with van der Waals surface area (Å²) in [5.74, 6) is -0.132. The summed E-state index contributed by atoms with van der Waals surface area (Å²) in [7, 11) is 0. The molecule has 0 radical (unpaired) electrons. The second-order valence-corrected chi connectivity index (χ2v) is 5.60. The molecule has 2 aromatic carbocycles. The van der Waals surface area contributed by atoms with Crippen molar-refractivity contribution in [3.05, 3.63) is 63.6 Å². The van der Waals surface area contributed by atoms with Crippen LogP contribution in [-0.4, -0.2) is 12.5 Å². The van der Waals surface area contributed by atoms with Crippen molar-refractivity contribution in [2.45, 2.75) is 12.8 Å². The summed E-state index contributed by atoms with van der Waals surface area (Å²) >= 11 is 12.3. The summed E-state index contributed by atoms with van der Waals surface area (Å²) in [4.78, 5) is 14.5. The third-order valence-corrected chi connectivity index (χ3v) is 4.16. The Morgan fingerprint density at radius 1 is 1.00 bits per heavy atom. The van der Waals surface area contributed by atoms with Gasteiger partial charge in [0, 0.05) is 12.2 Å². The van der Waals surface area contributed by atoms with Crippen LogP contribution >= 0.6 is 23.2 Å². The maximum absolute atomic E-state index is 12.8. The standard InChI is InChI=1S/C16H13Cl2NO/c17-12-7-3-8-13(18)15(12)16(20)19-10-4-6-11-5-1-2-9-14(11)19/h1-3,5,7-9H,4,6,10H2. The summed E-state index contributed by atoms with van der Waals surface area (Å²) < 4.78 is 0. The molecule has 0 fully saturated rings. The fourth-order valence-corrected chi connectivity index (χ4v) is 3.14. The summed E-state index contributed by atoms with van der Waals surface area (Å²) in [5.41, 5.74) is 2.53. The first-order valence-electron chi connectivity index (χ1n) is 6.52. The molecule has 1 aliphatic heterocycles. The van der Waals surface area contributed by atoms with Crippen molar-refractivity contribution in [2.24, 2.45) is 0 Å². The van der Waals surface area contributed by atoms with Crippen molar-refractivity contribution in [1.29, 1.82) is 0 Å². The highest BCUT2D eigenvalue weighted by Crippen LogP contribution is 2.32. The quantitative estimate of drug-likeness (QED) is 0.755. The normalized spacial score (nSPS) is 14.0. The van der Waals surface area contributed by atoms with Crippen LogP contribution in [0, 0.1) is 0 Å². The lowest BCUT2D eigenvalue weighted by Gasteiger charge is -2.30. The molecule has 2 aromatic rings. The first kappa shape index (κ1) is 13.5. The van der Waals surface area contributed by atoms with Crippen molar-refractivity contribution in [3.63, 3.8) is 0 Å². The highest BCUT2D eigenvalue weighted by atomic mass is 35.5. The summed E-state index contributed by atoms with van der Waals surface area (Å²) in [6.45, 7) is 0.692. The molecule has 0 bridgehead atoms. The number of nitrogens with zero attached hydrogens (tertiary/aromatic N) is 1. The second kappa shape index (κ2) is 5.47. The van der Waals surface area contributed by atoms with Crippen LogP contribution < -0.4 is 4.90 Å². The first-order valence-corrected chi connectivity index (χ1v) is 7.28. The van der Waals surface area contributed by atoms with Crippen LogP contribution in [0.25, 0.3) is 0 Å². The van der Waals surface area contributed by atoms with Crippen LogP contribution in [0.1, 0.15) is 22.3 Å². The molecule has 3 rings (SSSR count). The minimum absolute atomic E-state index is 0.132. The van der Waals surface area contributed by atoms with Crippen molar-refractivity contribution in [2.75, 3.05) is 11.4 Å². The van der Waals surface area contributed by atoms with E-state index in [4.69, 9.17) is 23.2 Å². The molecule has 0 aliphatic carbocycles. The van der Waals surface area contributed by atoms with Crippen molar-refractivity contribution in [1.82, 2.24) is 0 Å². The van der Waals surface area contributed by atoms with Gasteiger partial charge in [-0.15, -0.1) is 0 Å². The number of rotatable bonds is 1. The third kappa shape index (κ3) is 2.30. The number of fused-ring (bicyclic) bond motifs is 1. The monoisotopic (exact) mass is 305 g/mol. The lowest BCUT2D eigenvalue weighted by atomic mass is 10.0. The van der Waals surface area contributed by atoms with Crippen molar-refractivity contribution >= 4 is 34.8 Å². The topological polar surface area (TPSA) is 20.3 Å². The van der Waals surface area contributed by atoms with E-state index >= 15 is 0 Å². The number of amides is 1. The number of benzene rings is 2. The van der Waals surface area contributed by atoms with E-state index in [0.717, 1.165) is 18.5 Å². The fourth-order valence-electron chi connectivity index (χ4n) is 2.58. The van der Waals surface area contributed by atoms with E-state index in [1.54, 1.807) is 23.1 Å². The van der Waals surface area contributed by atoms with Gasteiger partial charge in [-0.1, -0.05) is 47.5 Å². The third-order valence-electron chi connectivity index (χ3n) is 3.53. The van der Waals surface area contributed by atoms with Crippen LogP contribution in [0.3, 0.4) is 0 Å². The van der Waals surface area contributed by atoms with E-state index in [1.165, 1.54) is 5.56 Å². The SMILES string of the molecule is O=C(c1c(Cl)cccc1Cl)N1CCCc2ccccc21. The summed E-state index contributed by atoms with van der Waals surface area (Å²) in [6.07, 6.45) is 1.95. The van der Waals surface area contributed by atoms with Gasteiger partial charge in [0.1, 0.15) is 0 Å². The van der Waals surface area contributed by atoms with Gasteiger partial charge in [0.15, 0.2) is 0 Å². The minimum Gasteiger partial charge on any atom is -0.308 e. The Morgan fingerprint density at radius 2 is 1.70 bits per heavy atom. The smallest absolute Gasteiger partial charge is 0.261 e. The van der Waals surface area contributed by atoms with Gasteiger partial charge in [-0.25, -0.2) is 0 Å². The molecule has 0 spiro atoms. The molecule has 0 unspecified atom stereocenters. The first-order chi connectivity index (χ1) is 9.68. The van der Waals surface area contributed by atoms with Gasteiger partial charge in [0.05, 0.1) is 15.6 Å². The number of para-hydroxylation sites is 1. The lowest BCUT2D eigenvalue weighted by Crippen LogP contribution is -2.35. The number of carbonyl (C=O) groups is 1. The molecule has 102 valence electrons. The van der Waals surface area contributed by atoms with Gasteiger partial charge in [-0.3, -0.25) is 4.79 Å². The van der Waals surface area contributed by atoms with Gasteiger partial charge in [-0.05, 0) is 36.6 Å². The van der Waals surface area contributed by atoms with Crippen LogP contribution in [0.5, 0.6) is 0 Å². The molecule has 0 saturated carbocycles. The maximum Gasteiger partial charge on any atom is 0.261 e. The van der Waals surface area contributed by atoms with Crippen molar-refractivity contribution in [3.8, 4) is 0 Å². The second-order valence-electron chi connectivity index (χ2n) is 4.79. The molecule has 4 heteroatoms. The Labute approximate surface area is 127 Å². The van der Waals surface area contributed by atoms with E-state index in [9.17, 15) is 4.79 Å². The molecule has 0 saturated heterocycles. The number of halogens is 2. The largest absolute Gasteiger partial charge is 0.308 e. The molecule has 0 N–H and O–H groups in total. The highest BCUT2D eigenvalue weighted by Gasteiger charge is 2.26. The summed E-state index contributed by atoms with van der Waals surface area (Å²) in [5, 5.41) is 0.788. The number of carbonyl (C=O) groups excluding carboxylic acids is 1. The molecule has 0 aromatic heterocycles. The molecular formula is C16H13Cl2NO. The van der Waals surface area contributed by atoms with Crippen LogP contribution in [0.15, 0.2) is 42.5 Å². The van der Waals surface area contributed by atoms with E-state index in [-0.39, 0.29) is 5.91 Å². The lowest BCUT2D eigenvalue weighted by molar-refractivity contribution is 0.0985. The zero-order valence-corrected chi connectivity index (χ0v) is 12.3. The number of hydrogen-bond acceptors (Lipinski definition) is 1. The molecule has 2 nitrogen and oxygen atoms in total. The summed E-state index contributed by atoms with van der Waals surface area (Å²) in [6, 6.07) is 13.1. The fraction of sp³-hybridized carbons (Fsp3) is 0.188. The predicted octanol–water partition coefficient (Wildman–Crippen LogP) is 4.59. The minimum atomic E-state index is -0.132. The molecule has 0 atom stereocenters. The Kier molecular flexibility index (Phi) is 3.68. The highest BCUT2D eigenvalue weighted by molar-refractivity contribution is 6.40. The number of aryl methyl sites for hydroxylation is 1. The number of anilines is 1. The van der Waals surface area contributed by atoms with Gasteiger partial charge >= 0.3 is 0 Å². The zero-order chi connectivity index (χ0) is 14.1. The molecule has 1 aliphatic rings. The molecular weight excluding hydrogens is 293 g/mol. The van der Waals surface area contributed by atoms with E-state index in [0.29, 0.717) is 22.2 Å². The molecule has 20 heavy (non-hydrogen) atoms. The average Bonchev–Trinajstić information content (AvgIpc) is 2.46. The van der Waals surface area contributed by atoms with Gasteiger partial charge in [-0.2, -0.15) is 0 Å². The molecule has 1 heterocycles. The van der Waals surface area contributed by atoms with E-state index < -0.39 is 0 Å². The van der Waals surface area contributed by atoms with E-state index in [1.807, 2.05) is 18.2 Å². The van der Waals surface area contributed by atoms with Crippen molar-refractivity contribution < 1.29 is 4.79 Å². The van der Waals surface area contributed by atoms with Gasteiger partial charge in [0.2, 0.25) is 0 Å². The van der Waals surface area contributed by atoms with Crippen LogP contribution in [-0.2, 0) is 6.42 Å². The Balaban J connectivity index is 2.05. The number of hydrogen-bond donors (Lipinski definition) is 0. The van der Waals surface area contributed by atoms with Crippen LogP contribution in [0.4, 0.5) is 5.69 Å². The Morgan fingerprint density at radius 3 is 2.45 bits per heavy atom. The Bertz CT molecular complexity index is 649. The predicted molar refractivity (Wildman–Crippen MR) is 82.9 cm³/mol.